The van der Waals surface area contributed by atoms with E-state index in [4.69, 9.17) is 14.5 Å². The van der Waals surface area contributed by atoms with Crippen LogP contribution in [0.4, 0.5) is 0 Å². The normalized spacial score (nSPS) is 15.0. The van der Waals surface area contributed by atoms with E-state index in [1.165, 1.54) is 7.11 Å². The Morgan fingerprint density at radius 1 is 1.24 bits per heavy atom. The second kappa shape index (κ2) is 10.3. The zero-order chi connectivity index (χ0) is 23.4. The van der Waals surface area contributed by atoms with Crippen LogP contribution in [0.15, 0.2) is 41.6 Å². The van der Waals surface area contributed by atoms with Crippen LogP contribution < -0.4 is 4.74 Å². The largest absolute Gasteiger partial charge is 0.504 e. The zero-order valence-corrected chi connectivity index (χ0v) is 19.6. The van der Waals surface area contributed by atoms with Crippen molar-refractivity contribution >= 4 is 27.7 Å². The van der Waals surface area contributed by atoms with Crippen LogP contribution in [0.5, 0.6) is 11.5 Å². The minimum absolute atomic E-state index is 0.00571. The summed E-state index contributed by atoms with van der Waals surface area (Å²) in [6, 6.07) is 8.52. The van der Waals surface area contributed by atoms with E-state index in [1.807, 2.05) is 0 Å². The summed E-state index contributed by atoms with van der Waals surface area (Å²) in [6.45, 7) is 4.33. The summed E-state index contributed by atoms with van der Waals surface area (Å²) in [6.07, 6.45) is 3.79. The first kappa shape index (κ1) is 23.1. The molecule has 0 radical (unpaired) electrons. The third kappa shape index (κ3) is 4.99. The van der Waals surface area contributed by atoms with Crippen LogP contribution >= 0.6 is 0 Å². The highest BCUT2D eigenvalue weighted by Crippen LogP contribution is 2.38. The number of methoxy groups -OCH3 is 1. The van der Waals surface area contributed by atoms with Crippen molar-refractivity contribution in [1.82, 2.24) is 14.9 Å². The molecule has 1 aliphatic rings. The number of carbonyl (C=O) groups is 1. The monoisotopic (exact) mass is 469 g/mol. The summed E-state index contributed by atoms with van der Waals surface area (Å²) < 4.78 is 23.6. The smallest absolute Gasteiger partial charge is 0.340 e. The van der Waals surface area contributed by atoms with Gasteiger partial charge in [-0.05, 0) is 51.1 Å². The molecule has 1 aromatic carbocycles. The average Bonchev–Trinajstić information content (AvgIpc) is 3.34. The molecule has 3 aromatic rings. The van der Waals surface area contributed by atoms with Gasteiger partial charge in [0.25, 0.3) is 0 Å². The van der Waals surface area contributed by atoms with Crippen molar-refractivity contribution in [2.24, 2.45) is 0 Å². The van der Waals surface area contributed by atoms with Gasteiger partial charge in [-0.2, -0.15) is 0 Å². The molecule has 1 fully saturated rings. The first-order valence-corrected chi connectivity index (χ1v) is 12.2. The minimum atomic E-state index is -1.50. The van der Waals surface area contributed by atoms with Gasteiger partial charge in [0.05, 0.1) is 47.0 Å². The first-order chi connectivity index (χ1) is 16.0. The lowest BCUT2D eigenvalue weighted by atomic mass is 10.0. The van der Waals surface area contributed by atoms with E-state index >= 15 is 0 Å². The fourth-order valence-corrected chi connectivity index (χ4v) is 5.07. The molecule has 1 saturated heterocycles. The van der Waals surface area contributed by atoms with Gasteiger partial charge >= 0.3 is 5.97 Å². The Morgan fingerprint density at radius 3 is 2.70 bits per heavy atom. The Bertz CT molecular complexity index is 1180. The molecule has 0 amide bonds. The van der Waals surface area contributed by atoms with Gasteiger partial charge in [-0.15, -0.1) is 0 Å². The molecule has 33 heavy (non-hydrogen) atoms. The summed E-state index contributed by atoms with van der Waals surface area (Å²) in [7, 11) is -0.00827. The molecular weight excluding hydrogens is 442 g/mol. The number of aromatic nitrogens is 2. The number of rotatable bonds is 8. The van der Waals surface area contributed by atoms with E-state index < -0.39 is 16.8 Å². The fourth-order valence-electron chi connectivity index (χ4n) is 4.04. The molecule has 1 aliphatic heterocycles. The molecule has 0 aliphatic carbocycles. The Kier molecular flexibility index (Phi) is 7.20. The van der Waals surface area contributed by atoms with E-state index in [1.54, 1.807) is 43.5 Å². The lowest BCUT2D eigenvalue weighted by Gasteiger charge is -2.20. The van der Waals surface area contributed by atoms with Gasteiger partial charge in [0.2, 0.25) is 0 Å². The lowest BCUT2D eigenvalue weighted by Crippen LogP contribution is -2.19. The fraction of sp³-hybridized carbons (Fsp3) is 0.375. The summed E-state index contributed by atoms with van der Waals surface area (Å²) in [5.41, 5.74) is 1.80. The molecule has 1 atom stereocenters. The molecule has 3 heterocycles. The van der Waals surface area contributed by atoms with Gasteiger partial charge in [0.1, 0.15) is 5.03 Å². The Morgan fingerprint density at radius 2 is 2.03 bits per heavy atom. The number of carbonyl (C=O) groups excluding carboxylic acids is 1. The number of ether oxygens (including phenoxy) is 2. The third-order valence-electron chi connectivity index (χ3n) is 5.68. The van der Waals surface area contributed by atoms with Crippen molar-refractivity contribution < 1.29 is 23.6 Å². The van der Waals surface area contributed by atoms with Crippen LogP contribution in [-0.4, -0.2) is 57.0 Å². The second-order valence-corrected chi connectivity index (χ2v) is 9.21. The highest BCUT2D eigenvalue weighted by atomic mass is 32.2. The van der Waals surface area contributed by atoms with Crippen LogP contribution in [-0.2, 0) is 27.8 Å². The molecular formula is C24H27N3O5S. The number of fused-ring (bicyclic) bond motifs is 1. The minimum Gasteiger partial charge on any atom is -0.504 e. The molecule has 8 nitrogen and oxygen atoms in total. The zero-order valence-electron chi connectivity index (χ0n) is 18.7. The molecule has 2 aromatic heterocycles. The lowest BCUT2D eigenvalue weighted by molar-refractivity contribution is 0.0525. The van der Waals surface area contributed by atoms with E-state index in [0.717, 1.165) is 25.9 Å². The van der Waals surface area contributed by atoms with Crippen LogP contribution in [0.3, 0.4) is 0 Å². The summed E-state index contributed by atoms with van der Waals surface area (Å²) in [4.78, 5) is 23.9. The Labute approximate surface area is 195 Å². The number of likely N-dealkylation sites (tertiary alicyclic amines) is 1. The van der Waals surface area contributed by atoms with Crippen LogP contribution in [0.2, 0.25) is 0 Å². The summed E-state index contributed by atoms with van der Waals surface area (Å²) >= 11 is 0. The molecule has 1 unspecified atom stereocenters. The molecule has 174 valence electrons. The van der Waals surface area contributed by atoms with Gasteiger partial charge in [-0.1, -0.05) is 6.07 Å². The van der Waals surface area contributed by atoms with Crippen molar-refractivity contribution in [3.63, 3.8) is 0 Å². The van der Waals surface area contributed by atoms with E-state index in [2.05, 4.69) is 9.88 Å². The topological polar surface area (TPSA) is 102 Å². The van der Waals surface area contributed by atoms with Crippen molar-refractivity contribution in [3.05, 3.63) is 53.3 Å². The highest BCUT2D eigenvalue weighted by Gasteiger charge is 2.24. The summed E-state index contributed by atoms with van der Waals surface area (Å²) in [5, 5.41) is 11.9. The van der Waals surface area contributed by atoms with E-state index in [0.29, 0.717) is 39.5 Å². The van der Waals surface area contributed by atoms with Crippen LogP contribution in [0.1, 0.15) is 41.4 Å². The Balaban J connectivity index is 1.84. The first-order valence-electron chi connectivity index (χ1n) is 10.9. The molecule has 0 spiro atoms. The molecule has 0 bridgehead atoms. The van der Waals surface area contributed by atoms with E-state index in [-0.39, 0.29) is 23.7 Å². The molecule has 4 rings (SSSR count). The van der Waals surface area contributed by atoms with Crippen LogP contribution in [0, 0.1) is 0 Å². The maximum absolute atomic E-state index is 12.9. The summed E-state index contributed by atoms with van der Waals surface area (Å²) in [5.74, 6) is -0.184. The number of phenolic OH excluding ortho intramolecular Hbond substituents is 1. The maximum atomic E-state index is 12.9. The number of hydrogen-bond acceptors (Lipinski definition) is 8. The molecule has 1 N–H and O–H groups in total. The number of hydrogen-bond donors (Lipinski definition) is 1. The predicted octanol–water partition coefficient (Wildman–Crippen LogP) is 3.42. The van der Waals surface area contributed by atoms with Gasteiger partial charge in [0, 0.05) is 29.8 Å². The molecule has 9 heteroatoms. The number of benzene rings is 1. The average molecular weight is 470 g/mol. The van der Waals surface area contributed by atoms with E-state index in [9.17, 15) is 14.1 Å². The number of phenols is 1. The van der Waals surface area contributed by atoms with Crippen molar-refractivity contribution in [3.8, 4) is 11.5 Å². The standard InChI is InChI=1S/C24H27N3O5S/c1-3-32-24(29)17-12-16-18(14-27-10-6-7-11-27)23(28)21(31-2)13-19(16)26-20(17)15-33(30)22-8-4-5-9-25-22/h4-5,8-9,12-13,28H,3,6-7,10-11,14-15H2,1-2H3. The number of aromatic hydroxyl groups is 1. The van der Waals surface area contributed by atoms with Crippen molar-refractivity contribution in [2.45, 2.75) is 37.1 Å². The van der Waals surface area contributed by atoms with Crippen molar-refractivity contribution in [2.75, 3.05) is 26.8 Å². The van der Waals surface area contributed by atoms with Gasteiger partial charge < -0.3 is 14.6 Å². The van der Waals surface area contributed by atoms with Gasteiger partial charge in [-0.3, -0.25) is 14.1 Å². The predicted molar refractivity (Wildman–Crippen MR) is 125 cm³/mol. The highest BCUT2D eigenvalue weighted by molar-refractivity contribution is 7.84. The number of esters is 1. The number of pyridine rings is 2. The van der Waals surface area contributed by atoms with Gasteiger partial charge in [0.15, 0.2) is 11.5 Å². The second-order valence-electron chi connectivity index (χ2n) is 7.82. The maximum Gasteiger partial charge on any atom is 0.340 e. The SMILES string of the molecule is CCOC(=O)c1cc2c(CN3CCCC3)c(O)c(OC)cc2nc1CS(=O)c1ccccn1. The quantitative estimate of drug-likeness (QED) is 0.501. The van der Waals surface area contributed by atoms with Crippen molar-refractivity contribution in [1.29, 1.82) is 0 Å². The number of nitrogens with zero attached hydrogens (tertiary/aromatic N) is 3. The Hall–Kier alpha value is -3.04. The van der Waals surface area contributed by atoms with Gasteiger partial charge in [-0.25, -0.2) is 9.78 Å². The third-order valence-corrected chi connectivity index (χ3v) is 6.92. The molecule has 0 saturated carbocycles. The van der Waals surface area contributed by atoms with Crippen LogP contribution in [0.25, 0.3) is 10.9 Å².